The second kappa shape index (κ2) is 10.6. The average molecular weight is 400 g/mol. The van der Waals surface area contributed by atoms with Gasteiger partial charge in [-0.15, -0.1) is 0 Å². The van der Waals surface area contributed by atoms with Crippen LogP contribution in [0.25, 0.3) is 0 Å². The van der Waals surface area contributed by atoms with Gasteiger partial charge in [0.2, 0.25) is 17.7 Å². The van der Waals surface area contributed by atoms with E-state index in [2.05, 4.69) is 10.6 Å². The van der Waals surface area contributed by atoms with Crippen LogP contribution in [-0.2, 0) is 24.0 Å². The second-order valence-electron chi connectivity index (χ2n) is 7.20. The molecule has 0 saturated carbocycles. The van der Waals surface area contributed by atoms with Crippen LogP contribution in [0.4, 0.5) is 0 Å². The van der Waals surface area contributed by atoms with Gasteiger partial charge in [-0.2, -0.15) is 0 Å². The Hall–Kier alpha value is -2.69. The van der Waals surface area contributed by atoms with Gasteiger partial charge in [0.15, 0.2) is 0 Å². The van der Waals surface area contributed by atoms with Crippen molar-refractivity contribution in [3.63, 3.8) is 0 Å². The highest BCUT2D eigenvalue weighted by Crippen LogP contribution is 2.18. The molecule has 6 N–H and O–H groups in total. The number of carboxylic acid groups (broad SMARTS) is 2. The van der Waals surface area contributed by atoms with Crippen molar-refractivity contribution in [2.45, 2.75) is 57.7 Å². The fourth-order valence-corrected chi connectivity index (χ4v) is 2.99. The zero-order valence-electron chi connectivity index (χ0n) is 16.0. The van der Waals surface area contributed by atoms with E-state index in [1.54, 1.807) is 0 Å². The Bertz CT molecular complexity index is 623. The Morgan fingerprint density at radius 1 is 1.18 bits per heavy atom. The van der Waals surface area contributed by atoms with Crippen molar-refractivity contribution in [1.82, 2.24) is 15.5 Å². The van der Waals surface area contributed by atoms with Crippen LogP contribution in [0, 0.1) is 5.92 Å². The molecule has 0 bridgehead atoms. The molecular formula is C17H28N4O7. The third kappa shape index (κ3) is 7.14. The van der Waals surface area contributed by atoms with Gasteiger partial charge in [0.25, 0.3) is 0 Å². The van der Waals surface area contributed by atoms with E-state index in [0.717, 1.165) is 0 Å². The first kappa shape index (κ1) is 23.3. The molecule has 0 radical (unpaired) electrons. The maximum atomic E-state index is 12.4. The Labute approximate surface area is 162 Å². The molecule has 3 atom stereocenters. The maximum absolute atomic E-state index is 12.4. The summed E-state index contributed by atoms with van der Waals surface area (Å²) in [5.41, 5.74) is 5.75. The van der Waals surface area contributed by atoms with Crippen molar-refractivity contribution < 1.29 is 34.2 Å². The van der Waals surface area contributed by atoms with Gasteiger partial charge in [-0.1, -0.05) is 13.8 Å². The smallest absolute Gasteiger partial charge is 0.326 e. The van der Waals surface area contributed by atoms with Gasteiger partial charge >= 0.3 is 11.9 Å². The average Bonchev–Trinajstić information content (AvgIpc) is 3.07. The van der Waals surface area contributed by atoms with Crippen LogP contribution < -0.4 is 16.4 Å². The number of likely N-dealkylation sites (tertiary alicyclic amines) is 1. The van der Waals surface area contributed by atoms with Gasteiger partial charge in [-0.3, -0.25) is 19.2 Å². The summed E-state index contributed by atoms with van der Waals surface area (Å²) in [5, 5.41) is 22.4. The van der Waals surface area contributed by atoms with Gasteiger partial charge in [0.05, 0.1) is 19.0 Å². The lowest BCUT2D eigenvalue weighted by Crippen LogP contribution is -2.53. The SMILES string of the molecule is CC(C)CC(N)C(=O)NCC(=O)N1CCCC1C(=O)NC(CC(=O)O)C(=O)O. The standard InChI is InChI=1S/C17H28N4O7/c1-9(2)6-10(18)15(25)19-8-13(22)21-5-3-4-12(21)16(26)20-11(17(27)28)7-14(23)24/h9-12H,3-8,18H2,1-2H3,(H,19,25)(H,20,26)(H,23,24)(H,27,28). The number of amides is 3. The van der Waals surface area contributed by atoms with Crippen LogP contribution in [0.5, 0.6) is 0 Å². The molecule has 1 saturated heterocycles. The van der Waals surface area contributed by atoms with E-state index in [1.165, 1.54) is 4.90 Å². The van der Waals surface area contributed by atoms with Gasteiger partial charge in [0, 0.05) is 6.54 Å². The molecule has 0 aromatic heterocycles. The number of nitrogens with one attached hydrogen (secondary N) is 2. The molecule has 3 unspecified atom stereocenters. The summed E-state index contributed by atoms with van der Waals surface area (Å²) in [6, 6.07) is -3.24. The Morgan fingerprint density at radius 3 is 2.36 bits per heavy atom. The van der Waals surface area contributed by atoms with E-state index < -0.39 is 54.2 Å². The quantitative estimate of drug-likeness (QED) is 0.294. The molecule has 1 aliphatic rings. The number of carbonyl (C=O) groups is 5. The Kier molecular flexibility index (Phi) is 8.83. The summed E-state index contributed by atoms with van der Waals surface area (Å²) in [4.78, 5) is 59.8. The molecule has 0 spiro atoms. The first-order valence-corrected chi connectivity index (χ1v) is 9.10. The fraction of sp³-hybridized carbons (Fsp3) is 0.706. The predicted molar refractivity (Wildman–Crippen MR) is 97.0 cm³/mol. The van der Waals surface area contributed by atoms with Crippen molar-refractivity contribution in [1.29, 1.82) is 0 Å². The van der Waals surface area contributed by atoms with Gasteiger partial charge in [-0.05, 0) is 25.2 Å². The van der Waals surface area contributed by atoms with Crippen molar-refractivity contribution >= 4 is 29.7 Å². The van der Waals surface area contributed by atoms with Gasteiger partial charge in [0.1, 0.15) is 12.1 Å². The minimum atomic E-state index is -1.59. The molecule has 1 heterocycles. The zero-order chi connectivity index (χ0) is 21.4. The molecular weight excluding hydrogens is 372 g/mol. The molecule has 28 heavy (non-hydrogen) atoms. The number of nitrogens with two attached hydrogens (primary N) is 1. The predicted octanol–water partition coefficient (Wildman–Crippen LogP) is -1.49. The van der Waals surface area contributed by atoms with Crippen LogP contribution >= 0.6 is 0 Å². The molecule has 1 rings (SSSR count). The van der Waals surface area contributed by atoms with E-state index in [-0.39, 0.29) is 19.0 Å². The van der Waals surface area contributed by atoms with Crippen LogP contribution in [0.15, 0.2) is 0 Å². The van der Waals surface area contributed by atoms with Gasteiger partial charge in [-0.25, -0.2) is 4.79 Å². The number of hydrogen-bond acceptors (Lipinski definition) is 6. The first-order chi connectivity index (χ1) is 13.0. The summed E-state index contributed by atoms with van der Waals surface area (Å²) in [5.74, 6) is -4.31. The van der Waals surface area contributed by atoms with Crippen molar-refractivity contribution in [3.8, 4) is 0 Å². The highest BCUT2D eigenvalue weighted by Gasteiger charge is 2.36. The third-order valence-electron chi connectivity index (χ3n) is 4.35. The van der Waals surface area contributed by atoms with Crippen LogP contribution in [-0.4, -0.2) is 76.0 Å². The van der Waals surface area contributed by atoms with E-state index >= 15 is 0 Å². The zero-order valence-corrected chi connectivity index (χ0v) is 16.0. The molecule has 0 aromatic carbocycles. The van der Waals surface area contributed by atoms with Crippen molar-refractivity contribution in [3.05, 3.63) is 0 Å². The lowest BCUT2D eigenvalue weighted by Gasteiger charge is -2.25. The minimum absolute atomic E-state index is 0.219. The summed E-state index contributed by atoms with van der Waals surface area (Å²) >= 11 is 0. The van der Waals surface area contributed by atoms with Crippen LogP contribution in [0.2, 0.25) is 0 Å². The lowest BCUT2D eigenvalue weighted by atomic mass is 10.0. The highest BCUT2D eigenvalue weighted by atomic mass is 16.4. The van der Waals surface area contributed by atoms with Crippen LogP contribution in [0.1, 0.15) is 39.5 Å². The summed E-state index contributed by atoms with van der Waals surface area (Å²) in [6.07, 6.45) is 0.541. The first-order valence-electron chi connectivity index (χ1n) is 9.10. The van der Waals surface area contributed by atoms with Crippen molar-refractivity contribution in [2.24, 2.45) is 11.7 Å². The lowest BCUT2D eigenvalue weighted by molar-refractivity contribution is -0.148. The Morgan fingerprint density at radius 2 is 1.82 bits per heavy atom. The largest absolute Gasteiger partial charge is 0.481 e. The number of aliphatic carboxylic acids is 2. The third-order valence-corrected chi connectivity index (χ3v) is 4.35. The molecule has 0 aliphatic carbocycles. The molecule has 11 heteroatoms. The van der Waals surface area contributed by atoms with E-state index in [0.29, 0.717) is 19.3 Å². The molecule has 3 amide bonds. The number of rotatable bonds is 10. The van der Waals surface area contributed by atoms with E-state index in [1.807, 2.05) is 13.8 Å². The normalized spacial score (nSPS) is 18.4. The second-order valence-corrected chi connectivity index (χ2v) is 7.20. The van der Waals surface area contributed by atoms with Crippen LogP contribution in [0.3, 0.4) is 0 Å². The number of carbonyl (C=O) groups excluding carboxylic acids is 3. The molecule has 1 aliphatic heterocycles. The molecule has 0 aromatic rings. The summed E-state index contributed by atoms with van der Waals surface area (Å²) in [6.45, 7) is 3.79. The molecule has 1 fully saturated rings. The van der Waals surface area contributed by atoms with Crippen molar-refractivity contribution in [2.75, 3.05) is 13.1 Å². The molecule has 158 valence electrons. The van der Waals surface area contributed by atoms with Gasteiger partial charge < -0.3 is 31.5 Å². The van der Waals surface area contributed by atoms with E-state index in [9.17, 15) is 24.0 Å². The van der Waals surface area contributed by atoms with E-state index in [4.69, 9.17) is 15.9 Å². The number of carboxylic acids is 2. The topological polar surface area (TPSA) is 179 Å². The number of nitrogens with zero attached hydrogens (tertiary/aromatic N) is 1. The minimum Gasteiger partial charge on any atom is -0.481 e. The maximum Gasteiger partial charge on any atom is 0.326 e. The fourth-order valence-electron chi connectivity index (χ4n) is 2.99. The summed E-state index contributed by atoms with van der Waals surface area (Å²) in [7, 11) is 0. The molecule has 11 nitrogen and oxygen atoms in total. The Balaban J connectivity index is 2.64. The summed E-state index contributed by atoms with van der Waals surface area (Å²) < 4.78 is 0. The highest BCUT2D eigenvalue weighted by molar-refractivity contribution is 5.93. The number of hydrogen-bond donors (Lipinski definition) is 5. The monoisotopic (exact) mass is 400 g/mol.